The third kappa shape index (κ3) is 2.91. The zero-order chi connectivity index (χ0) is 16.4. The summed E-state index contributed by atoms with van der Waals surface area (Å²) in [4.78, 5) is 21.3. The summed E-state index contributed by atoms with van der Waals surface area (Å²) in [6, 6.07) is 20.0. The number of para-hydroxylation sites is 1. The van der Waals surface area contributed by atoms with E-state index in [-0.39, 0.29) is 11.7 Å². The highest BCUT2D eigenvalue weighted by Crippen LogP contribution is 2.32. The van der Waals surface area contributed by atoms with Crippen LogP contribution in [0.15, 0.2) is 66.9 Å². The zero-order valence-corrected chi connectivity index (χ0v) is 13.1. The quantitative estimate of drug-likeness (QED) is 0.789. The molecule has 4 heteroatoms. The molecule has 1 atom stereocenters. The number of hydrogen-bond donors (Lipinski definition) is 1. The molecule has 0 saturated heterocycles. The topological polar surface area (TPSA) is 54.9 Å². The number of rotatable bonds is 3. The predicted octanol–water partition coefficient (Wildman–Crippen LogP) is 4.13. The van der Waals surface area contributed by atoms with Crippen LogP contribution in [0, 0.1) is 0 Å². The van der Waals surface area contributed by atoms with Crippen molar-refractivity contribution in [2.45, 2.75) is 18.8 Å². The second-order valence-corrected chi connectivity index (χ2v) is 5.98. The molecule has 0 saturated carbocycles. The van der Waals surface area contributed by atoms with E-state index in [0.717, 1.165) is 17.8 Å². The van der Waals surface area contributed by atoms with Gasteiger partial charge in [0.25, 0.3) is 0 Å². The van der Waals surface area contributed by atoms with E-state index in [1.165, 1.54) is 5.56 Å². The number of fused-ring (bicyclic) bond motifs is 1. The Labute approximate surface area is 140 Å². The molecule has 1 aliphatic carbocycles. The molecular formula is C20H17N3O. The number of anilines is 2. The van der Waals surface area contributed by atoms with E-state index in [0.29, 0.717) is 17.9 Å². The van der Waals surface area contributed by atoms with E-state index in [1.807, 2.05) is 48.5 Å². The number of carbonyl (C=O) groups is 1. The average Bonchev–Trinajstić information content (AvgIpc) is 2.63. The van der Waals surface area contributed by atoms with Crippen molar-refractivity contribution < 1.29 is 4.79 Å². The first-order chi connectivity index (χ1) is 11.8. The molecule has 2 aromatic carbocycles. The van der Waals surface area contributed by atoms with Gasteiger partial charge in [-0.05, 0) is 30.0 Å². The Morgan fingerprint density at radius 3 is 2.38 bits per heavy atom. The minimum absolute atomic E-state index is 0.122. The Hall–Kier alpha value is -3.01. The van der Waals surface area contributed by atoms with E-state index < -0.39 is 0 Å². The lowest BCUT2D eigenvalue weighted by Gasteiger charge is -2.23. The lowest BCUT2D eigenvalue weighted by Crippen LogP contribution is -2.21. The number of hydrogen-bond acceptors (Lipinski definition) is 4. The van der Waals surface area contributed by atoms with Crippen LogP contribution in [-0.2, 0) is 6.42 Å². The first-order valence-corrected chi connectivity index (χ1v) is 8.06. The van der Waals surface area contributed by atoms with Gasteiger partial charge in [0.15, 0.2) is 5.78 Å². The van der Waals surface area contributed by atoms with Crippen molar-refractivity contribution in [2.75, 3.05) is 5.32 Å². The normalized spacial score (nSPS) is 16.5. The van der Waals surface area contributed by atoms with E-state index in [1.54, 1.807) is 6.20 Å². The minimum Gasteiger partial charge on any atom is -0.324 e. The van der Waals surface area contributed by atoms with Crippen molar-refractivity contribution in [2.24, 2.45) is 0 Å². The van der Waals surface area contributed by atoms with Crippen LogP contribution in [0.2, 0.25) is 0 Å². The minimum atomic E-state index is 0.122. The van der Waals surface area contributed by atoms with Crippen LogP contribution >= 0.6 is 0 Å². The smallest absolute Gasteiger partial charge is 0.227 e. The fourth-order valence-corrected chi connectivity index (χ4v) is 3.12. The van der Waals surface area contributed by atoms with Gasteiger partial charge in [0.05, 0.1) is 11.3 Å². The third-order valence-corrected chi connectivity index (χ3v) is 4.34. The standard InChI is InChI=1S/C20H17N3O/c24-19-12-15(14-7-3-1-4-8-14)11-18-17(19)13-21-20(23-18)22-16-9-5-2-6-10-16/h1-10,13,15H,11-12H2,(H,21,22,23)/t15-/m0/s1. The summed E-state index contributed by atoms with van der Waals surface area (Å²) in [6.45, 7) is 0. The lowest BCUT2D eigenvalue weighted by molar-refractivity contribution is 0.0963. The fraction of sp³-hybridized carbons (Fsp3) is 0.150. The maximum Gasteiger partial charge on any atom is 0.227 e. The summed E-state index contributed by atoms with van der Waals surface area (Å²) < 4.78 is 0. The van der Waals surface area contributed by atoms with Crippen molar-refractivity contribution >= 4 is 17.4 Å². The molecule has 0 unspecified atom stereocenters. The second-order valence-electron chi connectivity index (χ2n) is 5.98. The molecule has 118 valence electrons. The summed E-state index contributed by atoms with van der Waals surface area (Å²) in [5, 5.41) is 3.19. The van der Waals surface area contributed by atoms with Crippen molar-refractivity contribution in [1.29, 1.82) is 0 Å². The van der Waals surface area contributed by atoms with Gasteiger partial charge in [-0.3, -0.25) is 4.79 Å². The Morgan fingerprint density at radius 1 is 0.917 bits per heavy atom. The highest BCUT2D eigenvalue weighted by atomic mass is 16.1. The van der Waals surface area contributed by atoms with E-state index >= 15 is 0 Å². The number of nitrogens with one attached hydrogen (secondary N) is 1. The molecule has 0 bridgehead atoms. The molecule has 4 nitrogen and oxygen atoms in total. The molecule has 1 aliphatic rings. The van der Waals surface area contributed by atoms with Gasteiger partial charge in [0, 0.05) is 18.3 Å². The summed E-state index contributed by atoms with van der Waals surface area (Å²) in [6.07, 6.45) is 2.93. The molecule has 1 N–H and O–H groups in total. The van der Waals surface area contributed by atoms with Crippen LogP contribution in [0.25, 0.3) is 0 Å². The summed E-state index contributed by atoms with van der Waals surface area (Å²) >= 11 is 0. The number of nitrogens with zero attached hydrogens (tertiary/aromatic N) is 2. The maximum absolute atomic E-state index is 12.4. The van der Waals surface area contributed by atoms with Gasteiger partial charge in [0.1, 0.15) is 0 Å². The third-order valence-electron chi connectivity index (χ3n) is 4.34. The van der Waals surface area contributed by atoms with Crippen LogP contribution in [-0.4, -0.2) is 15.8 Å². The first-order valence-electron chi connectivity index (χ1n) is 8.06. The molecule has 0 aliphatic heterocycles. The van der Waals surface area contributed by atoms with Crippen molar-refractivity contribution in [1.82, 2.24) is 9.97 Å². The molecule has 0 amide bonds. The second kappa shape index (κ2) is 6.24. The van der Waals surface area contributed by atoms with Crippen LogP contribution in [0.5, 0.6) is 0 Å². The predicted molar refractivity (Wildman–Crippen MR) is 93.6 cm³/mol. The molecular weight excluding hydrogens is 298 g/mol. The first kappa shape index (κ1) is 14.6. The Balaban J connectivity index is 1.62. The van der Waals surface area contributed by atoms with Gasteiger partial charge >= 0.3 is 0 Å². The van der Waals surface area contributed by atoms with Crippen molar-refractivity contribution in [3.63, 3.8) is 0 Å². The molecule has 0 fully saturated rings. The van der Waals surface area contributed by atoms with Gasteiger partial charge in [-0.2, -0.15) is 0 Å². The van der Waals surface area contributed by atoms with Crippen molar-refractivity contribution in [3.05, 3.63) is 83.7 Å². The Bertz CT molecular complexity index is 863. The summed E-state index contributed by atoms with van der Waals surface area (Å²) in [5.41, 5.74) is 3.60. The fourth-order valence-electron chi connectivity index (χ4n) is 3.12. The maximum atomic E-state index is 12.4. The zero-order valence-electron chi connectivity index (χ0n) is 13.1. The summed E-state index contributed by atoms with van der Waals surface area (Å²) in [7, 11) is 0. The number of Topliss-reactive ketones (excluding diaryl/α,β-unsaturated/α-hetero) is 1. The van der Waals surface area contributed by atoms with Gasteiger partial charge in [-0.1, -0.05) is 48.5 Å². The number of carbonyl (C=O) groups excluding carboxylic acids is 1. The molecule has 3 aromatic rings. The van der Waals surface area contributed by atoms with Gasteiger partial charge < -0.3 is 5.32 Å². The monoisotopic (exact) mass is 315 g/mol. The van der Waals surface area contributed by atoms with Crippen LogP contribution in [0.1, 0.15) is 34.0 Å². The average molecular weight is 315 g/mol. The van der Waals surface area contributed by atoms with E-state index in [2.05, 4.69) is 27.4 Å². The molecule has 0 radical (unpaired) electrons. The van der Waals surface area contributed by atoms with Crippen LogP contribution in [0.3, 0.4) is 0 Å². The lowest BCUT2D eigenvalue weighted by atomic mass is 9.82. The highest BCUT2D eigenvalue weighted by Gasteiger charge is 2.27. The van der Waals surface area contributed by atoms with Crippen LogP contribution < -0.4 is 5.32 Å². The molecule has 0 spiro atoms. The van der Waals surface area contributed by atoms with Gasteiger partial charge in [-0.15, -0.1) is 0 Å². The van der Waals surface area contributed by atoms with E-state index in [4.69, 9.17) is 0 Å². The van der Waals surface area contributed by atoms with Gasteiger partial charge in [0.2, 0.25) is 5.95 Å². The number of ketones is 1. The number of aromatic nitrogens is 2. The van der Waals surface area contributed by atoms with Crippen molar-refractivity contribution in [3.8, 4) is 0 Å². The van der Waals surface area contributed by atoms with E-state index in [9.17, 15) is 4.79 Å². The molecule has 4 rings (SSSR count). The molecule has 24 heavy (non-hydrogen) atoms. The largest absolute Gasteiger partial charge is 0.324 e. The molecule has 1 aromatic heterocycles. The molecule has 1 heterocycles. The SMILES string of the molecule is O=C1C[C@@H](c2ccccc2)Cc2nc(Nc3ccccc3)ncc21. The highest BCUT2D eigenvalue weighted by molar-refractivity contribution is 5.98. The number of benzene rings is 2. The van der Waals surface area contributed by atoms with Gasteiger partial charge in [-0.25, -0.2) is 9.97 Å². The summed E-state index contributed by atoms with van der Waals surface area (Å²) in [5.74, 6) is 0.837. The Morgan fingerprint density at radius 2 is 1.62 bits per heavy atom. The van der Waals surface area contributed by atoms with Crippen LogP contribution in [0.4, 0.5) is 11.6 Å². The Kier molecular flexibility index (Phi) is 3.79.